The van der Waals surface area contributed by atoms with Gasteiger partial charge in [-0.3, -0.25) is 9.89 Å². The molecule has 1 aliphatic rings. The molecule has 3 rings (SSSR count). The number of hydrogen-bond acceptors (Lipinski definition) is 5. The van der Waals surface area contributed by atoms with E-state index < -0.39 is 0 Å². The summed E-state index contributed by atoms with van der Waals surface area (Å²) in [6, 6.07) is 13.2. The molecule has 0 spiro atoms. The second-order valence-corrected chi connectivity index (χ2v) is 8.81. The van der Waals surface area contributed by atoms with Crippen LogP contribution in [0.15, 0.2) is 46.8 Å². The van der Waals surface area contributed by atoms with Gasteiger partial charge in [0.1, 0.15) is 5.75 Å². The highest BCUT2D eigenvalue weighted by atomic mass is 127. The van der Waals surface area contributed by atoms with Crippen molar-refractivity contribution in [3.05, 3.63) is 52.2 Å². The second-order valence-electron chi connectivity index (χ2n) is 7.83. The van der Waals surface area contributed by atoms with Crippen LogP contribution in [0.3, 0.4) is 0 Å². The molecule has 2 aromatic rings. The molecule has 1 aliphatic heterocycles. The van der Waals surface area contributed by atoms with Crippen LogP contribution in [0.5, 0.6) is 5.75 Å². The van der Waals surface area contributed by atoms with Gasteiger partial charge in [-0.05, 0) is 57.5 Å². The molecule has 31 heavy (non-hydrogen) atoms. The molecule has 2 heterocycles. The number of aliphatic imine (C=N–C) groups is 1. The maximum Gasteiger partial charge on any atom is 0.191 e. The van der Waals surface area contributed by atoms with Crippen molar-refractivity contribution < 1.29 is 4.74 Å². The summed E-state index contributed by atoms with van der Waals surface area (Å²) in [4.78, 5) is 10.6. The summed E-state index contributed by atoms with van der Waals surface area (Å²) in [7, 11) is 7.82. The average molecular weight is 558 g/mol. The van der Waals surface area contributed by atoms with Crippen molar-refractivity contribution in [2.75, 3.05) is 54.4 Å². The number of rotatable bonds is 9. The van der Waals surface area contributed by atoms with Crippen LogP contribution in [0.4, 0.5) is 0 Å². The lowest BCUT2D eigenvalue weighted by atomic mass is 10.0. The molecule has 172 valence electrons. The summed E-state index contributed by atoms with van der Waals surface area (Å²) in [5.41, 5.74) is 1.23. The second kappa shape index (κ2) is 13.2. The van der Waals surface area contributed by atoms with Crippen molar-refractivity contribution in [1.82, 2.24) is 20.4 Å². The number of thiophene rings is 1. The van der Waals surface area contributed by atoms with Crippen molar-refractivity contribution in [1.29, 1.82) is 0 Å². The first kappa shape index (κ1) is 25.9. The minimum atomic E-state index is 0. The highest BCUT2D eigenvalue weighted by Crippen LogP contribution is 2.31. The molecule has 1 aromatic heterocycles. The van der Waals surface area contributed by atoms with E-state index in [4.69, 9.17) is 4.74 Å². The van der Waals surface area contributed by atoms with Crippen molar-refractivity contribution in [2.45, 2.75) is 24.9 Å². The first-order valence-corrected chi connectivity index (χ1v) is 11.5. The van der Waals surface area contributed by atoms with Gasteiger partial charge in [-0.25, -0.2) is 0 Å². The third kappa shape index (κ3) is 7.06. The molecule has 8 heteroatoms. The largest absolute Gasteiger partial charge is 0.496 e. The Morgan fingerprint density at radius 1 is 1.13 bits per heavy atom. The summed E-state index contributed by atoms with van der Waals surface area (Å²) in [5, 5.41) is 9.21. The number of guanidine groups is 1. The van der Waals surface area contributed by atoms with Crippen LogP contribution in [0.1, 0.15) is 35.4 Å². The predicted molar refractivity (Wildman–Crippen MR) is 142 cm³/mol. The third-order valence-corrected chi connectivity index (χ3v) is 6.70. The molecule has 0 bridgehead atoms. The Hall–Kier alpha value is -1.36. The Bertz CT molecular complexity index is 793. The Morgan fingerprint density at radius 3 is 2.45 bits per heavy atom. The lowest BCUT2D eigenvalue weighted by molar-refractivity contribution is 0.239. The van der Waals surface area contributed by atoms with E-state index >= 15 is 0 Å². The molecular formula is C23H36IN5OS. The van der Waals surface area contributed by atoms with Crippen molar-refractivity contribution in [3.63, 3.8) is 0 Å². The summed E-state index contributed by atoms with van der Waals surface area (Å²) >= 11 is 1.79. The molecular weight excluding hydrogens is 521 g/mol. The van der Waals surface area contributed by atoms with Gasteiger partial charge in [0.2, 0.25) is 0 Å². The lowest BCUT2D eigenvalue weighted by Gasteiger charge is -2.30. The third-order valence-electron chi connectivity index (χ3n) is 5.72. The van der Waals surface area contributed by atoms with E-state index in [1.165, 1.54) is 23.3 Å². The van der Waals surface area contributed by atoms with Crippen LogP contribution < -0.4 is 15.4 Å². The Morgan fingerprint density at radius 2 is 1.84 bits per heavy atom. The SMILES string of the molecule is CN=C(NCC(c1cccs1)N(C)C)NCC(c1ccccc1OC)N1CCCC1.I. The van der Waals surface area contributed by atoms with Gasteiger partial charge in [0.15, 0.2) is 5.96 Å². The fourth-order valence-electron chi connectivity index (χ4n) is 4.06. The van der Waals surface area contributed by atoms with Crippen LogP contribution in [0.25, 0.3) is 0 Å². The molecule has 2 unspecified atom stereocenters. The molecule has 0 radical (unpaired) electrons. The van der Waals surface area contributed by atoms with E-state index in [1.807, 2.05) is 19.2 Å². The van der Waals surface area contributed by atoms with Crippen LogP contribution in [0, 0.1) is 0 Å². The number of halogens is 1. The standard InChI is InChI=1S/C23H35N5OS.HI/c1-24-23(26-17-20(27(2)3)22-12-9-15-30-22)25-16-19(28-13-7-8-14-28)18-10-5-6-11-21(18)29-4;/h5-6,9-12,15,19-20H,7-8,13-14,16-17H2,1-4H3,(H2,24,25,26);1H. The zero-order valence-corrected chi connectivity index (χ0v) is 22.2. The van der Waals surface area contributed by atoms with Gasteiger partial charge in [0, 0.05) is 30.6 Å². The van der Waals surface area contributed by atoms with Gasteiger partial charge in [0.25, 0.3) is 0 Å². The molecule has 0 aliphatic carbocycles. The maximum atomic E-state index is 5.66. The Kier molecular flexibility index (Phi) is 11.1. The van der Waals surface area contributed by atoms with Gasteiger partial charge in [-0.1, -0.05) is 24.3 Å². The van der Waals surface area contributed by atoms with Gasteiger partial charge < -0.3 is 20.3 Å². The van der Waals surface area contributed by atoms with E-state index in [2.05, 4.69) is 69.2 Å². The zero-order valence-electron chi connectivity index (χ0n) is 19.0. The van der Waals surface area contributed by atoms with Crippen LogP contribution in [0.2, 0.25) is 0 Å². The lowest BCUT2D eigenvalue weighted by Crippen LogP contribution is -2.45. The summed E-state index contributed by atoms with van der Waals surface area (Å²) in [5.74, 6) is 1.78. The van der Waals surface area contributed by atoms with E-state index in [-0.39, 0.29) is 30.0 Å². The van der Waals surface area contributed by atoms with E-state index in [9.17, 15) is 0 Å². The number of nitrogens with one attached hydrogen (secondary N) is 2. The number of ether oxygens (including phenoxy) is 1. The first-order valence-electron chi connectivity index (χ1n) is 10.6. The molecule has 1 fully saturated rings. The number of likely N-dealkylation sites (N-methyl/N-ethyl adjacent to an activating group) is 1. The molecule has 6 nitrogen and oxygen atoms in total. The van der Waals surface area contributed by atoms with Crippen LogP contribution in [-0.4, -0.2) is 70.2 Å². The monoisotopic (exact) mass is 557 g/mol. The quantitative estimate of drug-likeness (QED) is 0.278. The molecule has 0 saturated carbocycles. The Labute approximate surface area is 208 Å². The molecule has 2 atom stereocenters. The van der Waals surface area contributed by atoms with Crippen molar-refractivity contribution in [3.8, 4) is 5.75 Å². The number of likely N-dealkylation sites (tertiary alicyclic amines) is 1. The van der Waals surface area contributed by atoms with Gasteiger partial charge in [0.05, 0.1) is 19.2 Å². The van der Waals surface area contributed by atoms with E-state index in [0.717, 1.165) is 37.9 Å². The fourth-order valence-corrected chi connectivity index (χ4v) is 4.98. The van der Waals surface area contributed by atoms with Crippen LogP contribution in [-0.2, 0) is 0 Å². The minimum absolute atomic E-state index is 0. The highest BCUT2D eigenvalue weighted by Gasteiger charge is 2.26. The minimum Gasteiger partial charge on any atom is -0.496 e. The highest BCUT2D eigenvalue weighted by molar-refractivity contribution is 14.0. The Balaban J connectivity index is 0.00000341. The van der Waals surface area contributed by atoms with E-state index in [0.29, 0.717) is 6.04 Å². The first-order chi connectivity index (χ1) is 14.6. The molecule has 1 aromatic carbocycles. The number of para-hydroxylation sites is 1. The smallest absolute Gasteiger partial charge is 0.191 e. The molecule has 2 N–H and O–H groups in total. The number of methoxy groups -OCH3 is 1. The maximum absolute atomic E-state index is 5.66. The summed E-state index contributed by atoms with van der Waals surface area (Å²) in [6.45, 7) is 3.83. The topological polar surface area (TPSA) is 52.1 Å². The van der Waals surface area contributed by atoms with Gasteiger partial charge in [-0.2, -0.15) is 0 Å². The van der Waals surface area contributed by atoms with Crippen molar-refractivity contribution in [2.24, 2.45) is 4.99 Å². The predicted octanol–water partition coefficient (Wildman–Crippen LogP) is 3.98. The average Bonchev–Trinajstić information content (AvgIpc) is 3.47. The van der Waals surface area contributed by atoms with Crippen molar-refractivity contribution >= 4 is 41.3 Å². The molecule has 0 amide bonds. The van der Waals surface area contributed by atoms with E-state index in [1.54, 1.807) is 18.4 Å². The zero-order chi connectivity index (χ0) is 21.3. The van der Waals surface area contributed by atoms with Crippen LogP contribution >= 0.6 is 35.3 Å². The van der Waals surface area contributed by atoms with Gasteiger partial charge in [-0.15, -0.1) is 35.3 Å². The summed E-state index contributed by atoms with van der Waals surface area (Å²) < 4.78 is 5.66. The number of benzene rings is 1. The number of hydrogen-bond donors (Lipinski definition) is 2. The normalized spacial score (nSPS) is 16.6. The summed E-state index contributed by atoms with van der Waals surface area (Å²) in [6.07, 6.45) is 2.51. The fraction of sp³-hybridized carbons (Fsp3) is 0.522. The van der Waals surface area contributed by atoms with Gasteiger partial charge >= 0.3 is 0 Å². The molecule has 1 saturated heterocycles. The number of nitrogens with zero attached hydrogens (tertiary/aromatic N) is 3.